The van der Waals surface area contributed by atoms with Crippen molar-refractivity contribution in [3.63, 3.8) is 0 Å². The summed E-state index contributed by atoms with van der Waals surface area (Å²) in [7, 11) is -1.39. The highest BCUT2D eigenvalue weighted by Crippen LogP contribution is 1.98. The van der Waals surface area contributed by atoms with Gasteiger partial charge in [0.15, 0.2) is 8.96 Å². The normalized spacial score (nSPS) is 11.8. The Hall–Kier alpha value is -1.87. The van der Waals surface area contributed by atoms with Crippen LogP contribution in [0, 0.1) is 0 Å². The van der Waals surface area contributed by atoms with Crippen molar-refractivity contribution in [2.45, 2.75) is 6.55 Å². The van der Waals surface area contributed by atoms with Gasteiger partial charge in [0, 0.05) is 5.56 Å². The zero-order valence-corrected chi connectivity index (χ0v) is 10.9. The van der Waals surface area contributed by atoms with Crippen molar-refractivity contribution < 1.29 is 4.79 Å². The third-order valence-corrected chi connectivity index (χ3v) is 4.76. The average Bonchev–Trinajstić information content (AvgIpc) is 2.40. The summed E-state index contributed by atoms with van der Waals surface area (Å²) < 4.78 is 0. The highest BCUT2D eigenvalue weighted by molar-refractivity contribution is 6.72. The monoisotopic (exact) mass is 241 g/mol. The van der Waals surface area contributed by atoms with E-state index < -0.39 is 8.96 Å². The number of nitrogens with one attached hydrogen (secondary N) is 1. The van der Waals surface area contributed by atoms with Crippen molar-refractivity contribution in [3.05, 3.63) is 66.2 Å². The predicted molar refractivity (Wildman–Crippen MR) is 73.0 cm³/mol. The smallest absolute Gasteiger partial charge is 0.243 e. The highest BCUT2D eigenvalue weighted by atomic mass is 28.3. The molecule has 2 aromatic rings. The molecule has 0 bridgehead atoms. The molecule has 0 aromatic heterocycles. The lowest BCUT2D eigenvalue weighted by atomic mass is 10.2. The Kier molecular flexibility index (Phi) is 3.72. The number of hydrogen-bond acceptors (Lipinski definition) is 1. The Morgan fingerprint density at radius 3 is 2.06 bits per heavy atom. The van der Waals surface area contributed by atoms with E-state index in [0.29, 0.717) is 0 Å². The number of rotatable bonds is 3. The highest BCUT2D eigenvalue weighted by Gasteiger charge is 2.11. The van der Waals surface area contributed by atoms with E-state index in [9.17, 15) is 4.79 Å². The van der Waals surface area contributed by atoms with Gasteiger partial charge in [-0.2, -0.15) is 0 Å². The minimum absolute atomic E-state index is 0.0219. The number of benzene rings is 2. The Bertz CT molecular complexity index is 484. The molecule has 1 unspecified atom stereocenters. The SMILES string of the molecule is C[SiH](NC(=O)c1ccccc1)c1ccccc1. The molecule has 0 fully saturated rings. The van der Waals surface area contributed by atoms with Crippen molar-refractivity contribution in [2.24, 2.45) is 0 Å². The molecule has 0 aliphatic heterocycles. The van der Waals surface area contributed by atoms with Crippen molar-refractivity contribution in [1.82, 2.24) is 4.98 Å². The molecular formula is C14H15NOSi. The van der Waals surface area contributed by atoms with E-state index in [1.165, 1.54) is 5.19 Å². The maximum Gasteiger partial charge on any atom is 0.243 e. The molecule has 0 aliphatic carbocycles. The van der Waals surface area contributed by atoms with Gasteiger partial charge < -0.3 is 4.98 Å². The molecule has 2 aromatic carbocycles. The van der Waals surface area contributed by atoms with Gasteiger partial charge in [-0.15, -0.1) is 0 Å². The van der Waals surface area contributed by atoms with Crippen LogP contribution < -0.4 is 10.2 Å². The van der Waals surface area contributed by atoms with Gasteiger partial charge in [-0.1, -0.05) is 55.1 Å². The Labute approximate surface area is 103 Å². The minimum atomic E-state index is -1.39. The van der Waals surface area contributed by atoms with Crippen LogP contribution >= 0.6 is 0 Å². The summed E-state index contributed by atoms with van der Waals surface area (Å²) in [6.07, 6.45) is 0. The third-order valence-electron chi connectivity index (χ3n) is 2.68. The lowest BCUT2D eigenvalue weighted by Crippen LogP contribution is -2.45. The zero-order valence-electron chi connectivity index (χ0n) is 9.76. The van der Waals surface area contributed by atoms with Crippen LogP contribution in [0.15, 0.2) is 60.7 Å². The van der Waals surface area contributed by atoms with E-state index in [1.54, 1.807) is 0 Å². The summed E-state index contributed by atoms with van der Waals surface area (Å²) in [4.78, 5) is 15.1. The first-order valence-corrected chi connectivity index (χ1v) is 7.99. The molecule has 0 saturated heterocycles. The molecule has 0 radical (unpaired) electrons. The second-order valence-corrected chi connectivity index (χ2v) is 6.37. The topological polar surface area (TPSA) is 29.1 Å². The van der Waals surface area contributed by atoms with Crippen molar-refractivity contribution in [2.75, 3.05) is 0 Å². The maximum atomic E-state index is 12.0. The fraction of sp³-hybridized carbons (Fsp3) is 0.0714. The zero-order chi connectivity index (χ0) is 12.1. The molecule has 0 aliphatic rings. The van der Waals surface area contributed by atoms with E-state index in [2.05, 4.69) is 23.7 Å². The van der Waals surface area contributed by atoms with Crippen LogP contribution in [-0.2, 0) is 0 Å². The maximum absolute atomic E-state index is 12.0. The Balaban J connectivity index is 2.05. The molecule has 0 spiro atoms. The molecule has 2 nitrogen and oxygen atoms in total. The number of carbonyl (C=O) groups excluding carboxylic acids is 1. The van der Waals surface area contributed by atoms with Crippen molar-refractivity contribution >= 4 is 20.1 Å². The molecule has 0 heterocycles. The first kappa shape index (κ1) is 11.6. The summed E-state index contributed by atoms with van der Waals surface area (Å²) in [5.74, 6) is 0.0219. The van der Waals surface area contributed by atoms with Gasteiger partial charge in [0.05, 0.1) is 0 Å². The Morgan fingerprint density at radius 2 is 1.47 bits per heavy atom. The fourth-order valence-corrected chi connectivity index (χ4v) is 3.22. The van der Waals surface area contributed by atoms with Gasteiger partial charge in [0.25, 0.3) is 0 Å². The lowest BCUT2D eigenvalue weighted by molar-refractivity contribution is 0.0980. The van der Waals surface area contributed by atoms with Crippen LogP contribution in [0.1, 0.15) is 10.4 Å². The van der Waals surface area contributed by atoms with Crippen molar-refractivity contribution in [3.8, 4) is 0 Å². The molecule has 17 heavy (non-hydrogen) atoms. The van der Waals surface area contributed by atoms with Crippen LogP contribution in [0.4, 0.5) is 0 Å². The van der Waals surface area contributed by atoms with Gasteiger partial charge in [-0.3, -0.25) is 4.79 Å². The van der Waals surface area contributed by atoms with Gasteiger partial charge in [0.2, 0.25) is 5.91 Å². The fourth-order valence-electron chi connectivity index (χ4n) is 1.69. The van der Waals surface area contributed by atoms with Crippen LogP contribution in [0.5, 0.6) is 0 Å². The molecule has 3 heteroatoms. The Morgan fingerprint density at radius 1 is 0.941 bits per heavy atom. The van der Waals surface area contributed by atoms with Gasteiger partial charge >= 0.3 is 0 Å². The van der Waals surface area contributed by atoms with Gasteiger partial charge in [-0.25, -0.2) is 0 Å². The third kappa shape index (κ3) is 3.04. The number of carbonyl (C=O) groups is 1. The molecule has 1 atom stereocenters. The molecule has 86 valence electrons. The summed E-state index contributed by atoms with van der Waals surface area (Å²) in [5.41, 5.74) is 0.725. The number of hydrogen-bond donors (Lipinski definition) is 1. The summed E-state index contributed by atoms with van der Waals surface area (Å²) >= 11 is 0. The minimum Gasteiger partial charge on any atom is -0.376 e. The van der Waals surface area contributed by atoms with E-state index >= 15 is 0 Å². The predicted octanol–water partition coefficient (Wildman–Crippen LogP) is 1.68. The van der Waals surface area contributed by atoms with E-state index in [1.807, 2.05) is 48.5 Å². The summed E-state index contributed by atoms with van der Waals surface area (Å²) in [6, 6.07) is 19.5. The van der Waals surface area contributed by atoms with Crippen molar-refractivity contribution in [1.29, 1.82) is 0 Å². The van der Waals surface area contributed by atoms with E-state index in [4.69, 9.17) is 0 Å². The summed E-state index contributed by atoms with van der Waals surface area (Å²) in [6.45, 7) is 2.12. The standard InChI is InChI=1S/C14H15NOSi/c1-17(13-10-6-3-7-11-13)15-14(16)12-8-4-2-5-9-12/h2-11,17H,1H3,(H,15,16). The lowest BCUT2D eigenvalue weighted by Gasteiger charge is -2.12. The average molecular weight is 241 g/mol. The van der Waals surface area contributed by atoms with Crippen LogP contribution in [-0.4, -0.2) is 14.9 Å². The first-order chi connectivity index (χ1) is 8.27. The molecule has 1 amide bonds. The largest absolute Gasteiger partial charge is 0.376 e. The molecule has 2 rings (SSSR count). The van der Waals surface area contributed by atoms with Gasteiger partial charge in [0.1, 0.15) is 0 Å². The number of amides is 1. The van der Waals surface area contributed by atoms with E-state index in [0.717, 1.165) is 5.56 Å². The molecular weight excluding hydrogens is 226 g/mol. The molecule has 0 saturated carbocycles. The van der Waals surface area contributed by atoms with E-state index in [-0.39, 0.29) is 5.91 Å². The summed E-state index contributed by atoms with van der Waals surface area (Å²) in [5, 5.41) is 1.25. The van der Waals surface area contributed by atoms with Crippen LogP contribution in [0.2, 0.25) is 6.55 Å². The van der Waals surface area contributed by atoms with Crippen LogP contribution in [0.25, 0.3) is 0 Å². The second-order valence-electron chi connectivity index (χ2n) is 3.97. The molecule has 1 N–H and O–H groups in total. The van der Waals surface area contributed by atoms with Gasteiger partial charge in [-0.05, 0) is 17.3 Å². The second kappa shape index (κ2) is 5.45. The van der Waals surface area contributed by atoms with Crippen LogP contribution in [0.3, 0.4) is 0 Å². The quantitative estimate of drug-likeness (QED) is 0.814. The first-order valence-electron chi connectivity index (χ1n) is 5.68.